The van der Waals surface area contributed by atoms with Gasteiger partial charge in [-0.3, -0.25) is 4.79 Å². The van der Waals surface area contributed by atoms with Crippen LogP contribution in [0.2, 0.25) is 0 Å². The Morgan fingerprint density at radius 3 is 2.78 bits per heavy atom. The number of benzene rings is 1. The second-order valence-corrected chi connectivity index (χ2v) is 6.29. The molecule has 1 aromatic carbocycles. The third-order valence-corrected chi connectivity index (χ3v) is 4.57. The molecule has 2 aliphatic rings. The summed E-state index contributed by atoms with van der Waals surface area (Å²) in [6.07, 6.45) is 3.36. The van der Waals surface area contributed by atoms with E-state index in [0.29, 0.717) is 5.56 Å². The van der Waals surface area contributed by atoms with Gasteiger partial charge in [-0.15, -0.1) is 0 Å². The highest BCUT2D eigenvalue weighted by atomic mass is 79.9. The molecule has 2 nitrogen and oxygen atoms in total. The first kappa shape index (κ1) is 12.2. The minimum absolute atomic E-state index is 0.0848. The van der Waals surface area contributed by atoms with Crippen LogP contribution in [0.25, 0.3) is 0 Å². The van der Waals surface area contributed by atoms with Crippen LogP contribution in [0.4, 0.5) is 4.39 Å². The zero-order valence-electron chi connectivity index (χ0n) is 9.96. The van der Waals surface area contributed by atoms with Gasteiger partial charge in [-0.05, 0) is 49.3 Å². The summed E-state index contributed by atoms with van der Waals surface area (Å²) in [5.41, 5.74) is 0.529. The van der Waals surface area contributed by atoms with Gasteiger partial charge in [0.2, 0.25) is 5.91 Å². The molecule has 4 heteroatoms. The summed E-state index contributed by atoms with van der Waals surface area (Å²) in [7, 11) is 0. The average Bonchev–Trinajstić information content (AvgIpc) is 2.97. The predicted octanol–water partition coefficient (Wildman–Crippen LogP) is 3.25. The molecule has 2 atom stereocenters. The number of rotatable bonds is 3. The van der Waals surface area contributed by atoms with Crippen LogP contribution < -0.4 is 5.32 Å². The van der Waals surface area contributed by atoms with Crippen molar-refractivity contribution in [1.29, 1.82) is 0 Å². The first-order valence-corrected chi connectivity index (χ1v) is 7.14. The van der Waals surface area contributed by atoms with Gasteiger partial charge in [0.25, 0.3) is 0 Å². The largest absolute Gasteiger partial charge is 0.352 e. The Kier molecular flexibility index (Phi) is 3.14. The van der Waals surface area contributed by atoms with Gasteiger partial charge in [-0.1, -0.05) is 15.9 Å². The fourth-order valence-corrected chi connectivity index (χ4v) is 3.34. The molecule has 0 bridgehead atoms. The molecule has 0 heterocycles. The minimum Gasteiger partial charge on any atom is -0.352 e. The van der Waals surface area contributed by atoms with Gasteiger partial charge in [-0.2, -0.15) is 0 Å². The van der Waals surface area contributed by atoms with E-state index in [0.717, 1.165) is 29.2 Å². The van der Waals surface area contributed by atoms with Crippen LogP contribution >= 0.6 is 15.9 Å². The van der Waals surface area contributed by atoms with Crippen molar-refractivity contribution < 1.29 is 9.18 Å². The van der Waals surface area contributed by atoms with Crippen LogP contribution in [0.5, 0.6) is 0 Å². The van der Waals surface area contributed by atoms with Crippen LogP contribution in [-0.2, 0) is 11.3 Å². The van der Waals surface area contributed by atoms with Crippen LogP contribution in [0, 0.1) is 23.6 Å². The fourth-order valence-electron chi connectivity index (χ4n) is 2.93. The molecule has 0 aromatic heterocycles. The molecule has 0 radical (unpaired) electrons. The number of nitrogens with one attached hydrogen (secondary N) is 1. The maximum Gasteiger partial charge on any atom is 0.223 e. The Morgan fingerprint density at radius 1 is 1.33 bits per heavy atom. The summed E-state index contributed by atoms with van der Waals surface area (Å²) < 4.78 is 14.3. The quantitative estimate of drug-likeness (QED) is 0.912. The van der Waals surface area contributed by atoms with Crippen molar-refractivity contribution in [2.24, 2.45) is 17.8 Å². The van der Waals surface area contributed by atoms with Gasteiger partial charge in [-0.25, -0.2) is 4.39 Å². The lowest BCUT2D eigenvalue weighted by atomic mass is 10.0. The molecule has 18 heavy (non-hydrogen) atoms. The van der Waals surface area contributed by atoms with Gasteiger partial charge in [0.1, 0.15) is 5.82 Å². The Hall–Kier alpha value is -0.900. The highest BCUT2D eigenvalue weighted by molar-refractivity contribution is 9.10. The molecule has 1 N–H and O–H groups in total. The van der Waals surface area contributed by atoms with Crippen LogP contribution in [-0.4, -0.2) is 5.91 Å². The molecular weight excluding hydrogens is 297 g/mol. The van der Waals surface area contributed by atoms with E-state index >= 15 is 0 Å². The summed E-state index contributed by atoms with van der Waals surface area (Å²) in [6.45, 7) is 0.274. The minimum atomic E-state index is -0.271. The van der Waals surface area contributed by atoms with Crippen molar-refractivity contribution in [3.05, 3.63) is 34.1 Å². The van der Waals surface area contributed by atoms with E-state index in [1.807, 2.05) is 0 Å². The van der Waals surface area contributed by atoms with E-state index in [9.17, 15) is 9.18 Å². The van der Waals surface area contributed by atoms with Gasteiger partial charge in [0.05, 0.1) is 0 Å². The Labute approximate surface area is 114 Å². The standard InChI is InChI=1S/C14H15BrFNO/c15-12-1-2-13(16)11(6-12)7-17-14(18)10-4-8-3-9(8)5-10/h1-2,6,8-10H,3-5,7H2,(H,17,18). The van der Waals surface area contributed by atoms with Gasteiger partial charge in [0.15, 0.2) is 0 Å². The van der Waals surface area contributed by atoms with Crippen molar-refractivity contribution in [3.8, 4) is 0 Å². The highest BCUT2D eigenvalue weighted by Crippen LogP contribution is 2.54. The van der Waals surface area contributed by atoms with E-state index in [1.165, 1.54) is 12.5 Å². The fraction of sp³-hybridized carbons (Fsp3) is 0.500. The summed E-state index contributed by atoms with van der Waals surface area (Å²) in [5.74, 6) is 1.56. The second-order valence-electron chi connectivity index (χ2n) is 5.38. The molecule has 1 aromatic rings. The molecule has 3 rings (SSSR count). The first-order valence-electron chi connectivity index (χ1n) is 6.35. The number of hydrogen-bond donors (Lipinski definition) is 1. The zero-order valence-corrected chi connectivity index (χ0v) is 11.5. The number of halogens is 2. The summed E-state index contributed by atoms with van der Waals surface area (Å²) in [4.78, 5) is 11.9. The molecular formula is C14H15BrFNO. The van der Waals surface area contributed by atoms with Crippen molar-refractivity contribution in [2.75, 3.05) is 0 Å². The smallest absolute Gasteiger partial charge is 0.223 e. The van der Waals surface area contributed by atoms with Gasteiger partial charge in [0, 0.05) is 22.5 Å². The van der Waals surface area contributed by atoms with E-state index in [1.54, 1.807) is 12.1 Å². The molecule has 0 aliphatic heterocycles. The third kappa shape index (κ3) is 2.44. The molecule has 2 saturated carbocycles. The normalized spacial score (nSPS) is 28.9. The summed E-state index contributed by atoms with van der Waals surface area (Å²) in [6, 6.07) is 4.78. The maximum atomic E-state index is 13.5. The van der Waals surface area contributed by atoms with Crippen LogP contribution in [0.3, 0.4) is 0 Å². The predicted molar refractivity (Wildman–Crippen MR) is 70.3 cm³/mol. The molecule has 2 unspecified atom stereocenters. The van der Waals surface area contributed by atoms with Crippen LogP contribution in [0.15, 0.2) is 22.7 Å². The molecule has 2 fully saturated rings. The van der Waals surface area contributed by atoms with Crippen molar-refractivity contribution >= 4 is 21.8 Å². The lowest BCUT2D eigenvalue weighted by Crippen LogP contribution is -2.29. The van der Waals surface area contributed by atoms with E-state index in [2.05, 4.69) is 21.2 Å². The molecule has 1 amide bonds. The molecule has 2 aliphatic carbocycles. The maximum absolute atomic E-state index is 13.5. The first-order chi connectivity index (χ1) is 8.63. The monoisotopic (exact) mass is 311 g/mol. The Bertz CT molecular complexity index is 481. The van der Waals surface area contributed by atoms with Crippen molar-refractivity contribution in [1.82, 2.24) is 5.32 Å². The average molecular weight is 312 g/mol. The lowest BCUT2D eigenvalue weighted by molar-refractivity contribution is -0.125. The zero-order chi connectivity index (χ0) is 12.7. The molecule has 0 saturated heterocycles. The highest BCUT2D eigenvalue weighted by Gasteiger charge is 2.47. The number of carbonyl (C=O) groups excluding carboxylic acids is 1. The third-order valence-electron chi connectivity index (χ3n) is 4.08. The van der Waals surface area contributed by atoms with Crippen molar-refractivity contribution in [3.63, 3.8) is 0 Å². The van der Waals surface area contributed by atoms with Crippen LogP contribution in [0.1, 0.15) is 24.8 Å². The lowest BCUT2D eigenvalue weighted by Gasteiger charge is -2.12. The van der Waals surface area contributed by atoms with Gasteiger partial charge < -0.3 is 5.32 Å². The number of fused-ring (bicyclic) bond motifs is 1. The number of carbonyl (C=O) groups is 1. The number of amides is 1. The van der Waals surface area contributed by atoms with E-state index in [4.69, 9.17) is 0 Å². The SMILES string of the molecule is O=C(NCc1cc(Br)ccc1F)C1CC2CC2C1. The van der Waals surface area contributed by atoms with Gasteiger partial charge >= 0.3 is 0 Å². The topological polar surface area (TPSA) is 29.1 Å². The number of hydrogen-bond acceptors (Lipinski definition) is 1. The van der Waals surface area contributed by atoms with E-state index < -0.39 is 0 Å². The molecule has 96 valence electrons. The summed E-state index contributed by atoms with van der Waals surface area (Å²) in [5, 5.41) is 2.85. The Balaban J connectivity index is 1.57. The van der Waals surface area contributed by atoms with Crippen molar-refractivity contribution in [2.45, 2.75) is 25.8 Å². The van der Waals surface area contributed by atoms with E-state index in [-0.39, 0.29) is 24.2 Å². The summed E-state index contributed by atoms with van der Waals surface area (Å²) >= 11 is 3.30. The Morgan fingerprint density at radius 2 is 2.06 bits per heavy atom. The second kappa shape index (κ2) is 4.65. The molecule has 0 spiro atoms.